The van der Waals surface area contributed by atoms with Crippen molar-refractivity contribution in [3.63, 3.8) is 0 Å². The van der Waals surface area contributed by atoms with Gasteiger partial charge in [-0.15, -0.1) is 11.8 Å². The van der Waals surface area contributed by atoms with Crippen LogP contribution in [0.25, 0.3) is 0 Å². The summed E-state index contributed by atoms with van der Waals surface area (Å²) in [7, 11) is 0. The first-order valence-electron chi connectivity index (χ1n) is 8.96. The van der Waals surface area contributed by atoms with Gasteiger partial charge in [-0.25, -0.2) is 0 Å². The average Bonchev–Trinajstić information content (AvgIpc) is 3.14. The lowest BCUT2D eigenvalue weighted by Gasteiger charge is -2.36. The third-order valence-corrected chi connectivity index (χ3v) is 6.04. The molecule has 1 saturated heterocycles. The molecule has 0 saturated carbocycles. The minimum Gasteiger partial charge on any atom is -0.332 e. The molecule has 130 valence electrons. The largest absolute Gasteiger partial charge is 0.332 e. The van der Waals surface area contributed by atoms with E-state index in [2.05, 4.69) is 34.6 Å². The number of pyridine rings is 1. The molecule has 4 rings (SSSR count). The molecule has 2 aromatic rings. The van der Waals surface area contributed by atoms with Gasteiger partial charge in [0.05, 0.1) is 11.8 Å². The van der Waals surface area contributed by atoms with Crippen molar-refractivity contribution in [2.24, 2.45) is 0 Å². The second-order valence-corrected chi connectivity index (χ2v) is 7.71. The summed E-state index contributed by atoms with van der Waals surface area (Å²) in [5, 5.41) is 3.39. The van der Waals surface area contributed by atoms with Crippen molar-refractivity contribution in [3.05, 3.63) is 59.4 Å². The van der Waals surface area contributed by atoms with Gasteiger partial charge in [0.25, 0.3) is 0 Å². The minimum atomic E-state index is 0.0792. The van der Waals surface area contributed by atoms with Crippen LogP contribution in [-0.2, 0) is 17.6 Å². The Hall–Kier alpha value is -1.85. The normalized spacial score (nSPS) is 19.7. The van der Waals surface area contributed by atoms with Crippen molar-refractivity contribution in [1.82, 2.24) is 15.2 Å². The molecule has 0 bridgehead atoms. The lowest BCUT2D eigenvalue weighted by atomic mass is 10.1. The Morgan fingerprint density at radius 2 is 2.20 bits per heavy atom. The van der Waals surface area contributed by atoms with Crippen LogP contribution in [0.3, 0.4) is 0 Å². The molecule has 1 aliphatic heterocycles. The molecule has 2 aliphatic rings. The monoisotopic (exact) mass is 353 g/mol. The number of carbonyl (C=O) groups is 1. The van der Waals surface area contributed by atoms with Gasteiger partial charge in [0.1, 0.15) is 0 Å². The van der Waals surface area contributed by atoms with Crippen LogP contribution in [-0.4, -0.2) is 41.2 Å². The fourth-order valence-electron chi connectivity index (χ4n) is 3.74. The molecule has 4 nitrogen and oxygen atoms in total. The minimum absolute atomic E-state index is 0.0792. The van der Waals surface area contributed by atoms with Crippen LogP contribution >= 0.6 is 11.8 Å². The van der Waals surface area contributed by atoms with Crippen LogP contribution in [0.4, 0.5) is 0 Å². The number of rotatable bonds is 4. The molecule has 1 aliphatic carbocycles. The zero-order valence-corrected chi connectivity index (χ0v) is 15.1. The van der Waals surface area contributed by atoms with Crippen molar-refractivity contribution in [2.45, 2.75) is 30.2 Å². The Balaban J connectivity index is 1.42. The second-order valence-electron chi connectivity index (χ2n) is 6.67. The number of amides is 1. The van der Waals surface area contributed by atoms with Crippen molar-refractivity contribution >= 4 is 17.7 Å². The number of aromatic nitrogens is 1. The smallest absolute Gasteiger partial charge is 0.233 e. The number of aryl methyl sites for hydroxylation is 2. The molecule has 5 heteroatoms. The van der Waals surface area contributed by atoms with Crippen molar-refractivity contribution in [3.8, 4) is 0 Å². The summed E-state index contributed by atoms with van der Waals surface area (Å²) in [6.45, 7) is 2.40. The van der Waals surface area contributed by atoms with Gasteiger partial charge in [-0.1, -0.05) is 12.1 Å². The van der Waals surface area contributed by atoms with E-state index in [1.54, 1.807) is 18.0 Å². The second kappa shape index (κ2) is 7.58. The first-order chi connectivity index (χ1) is 12.3. The third-order valence-electron chi connectivity index (χ3n) is 5.07. The van der Waals surface area contributed by atoms with Crippen molar-refractivity contribution in [1.29, 1.82) is 0 Å². The lowest BCUT2D eigenvalue weighted by Crippen LogP contribution is -2.49. The first kappa shape index (κ1) is 16.6. The van der Waals surface area contributed by atoms with E-state index in [-0.39, 0.29) is 11.9 Å². The molecule has 1 amide bonds. The number of nitrogens with zero attached hydrogens (tertiary/aromatic N) is 2. The van der Waals surface area contributed by atoms with E-state index in [0.717, 1.165) is 25.2 Å². The van der Waals surface area contributed by atoms with Gasteiger partial charge < -0.3 is 10.2 Å². The predicted molar refractivity (Wildman–Crippen MR) is 101 cm³/mol. The highest BCUT2D eigenvalue weighted by molar-refractivity contribution is 8.00. The third kappa shape index (κ3) is 3.72. The van der Waals surface area contributed by atoms with Crippen LogP contribution in [0.2, 0.25) is 0 Å². The molecule has 1 atom stereocenters. The first-order valence-corrected chi connectivity index (χ1v) is 9.94. The number of hydrogen-bond donors (Lipinski definition) is 1. The Morgan fingerprint density at radius 1 is 1.28 bits per heavy atom. The van der Waals surface area contributed by atoms with E-state index in [1.807, 2.05) is 17.2 Å². The van der Waals surface area contributed by atoms with E-state index in [1.165, 1.54) is 35.3 Å². The van der Waals surface area contributed by atoms with E-state index in [0.29, 0.717) is 5.75 Å². The van der Waals surface area contributed by atoms with Crippen LogP contribution in [0.1, 0.15) is 29.2 Å². The average molecular weight is 353 g/mol. The van der Waals surface area contributed by atoms with Crippen LogP contribution in [0.15, 0.2) is 47.6 Å². The topological polar surface area (TPSA) is 45.2 Å². The number of fused-ring (bicyclic) bond motifs is 1. The van der Waals surface area contributed by atoms with E-state index >= 15 is 0 Å². The standard InChI is InChI=1S/C20H23N3OS/c24-20(14-25-18-7-6-15-3-1-4-16(15)11-18)23-10-9-22-13-19(23)17-5-2-8-21-12-17/h2,5-8,11-12,19,22H,1,3-4,9-10,13-14H2. The molecule has 0 spiro atoms. The number of hydrogen-bond acceptors (Lipinski definition) is 4. The number of nitrogens with one attached hydrogen (secondary N) is 1. The maximum Gasteiger partial charge on any atom is 0.233 e. The maximum atomic E-state index is 12.8. The van der Waals surface area contributed by atoms with Gasteiger partial charge in [-0.2, -0.15) is 0 Å². The SMILES string of the molecule is O=C(CSc1ccc2c(c1)CCC2)N1CCNCC1c1cccnc1. The van der Waals surface area contributed by atoms with Crippen molar-refractivity contribution < 1.29 is 4.79 Å². The van der Waals surface area contributed by atoms with E-state index in [9.17, 15) is 4.79 Å². The molecule has 0 radical (unpaired) electrons. The maximum absolute atomic E-state index is 12.8. The van der Waals surface area contributed by atoms with Gasteiger partial charge >= 0.3 is 0 Å². The zero-order valence-electron chi connectivity index (χ0n) is 14.3. The summed E-state index contributed by atoms with van der Waals surface area (Å²) in [6.07, 6.45) is 7.28. The van der Waals surface area contributed by atoms with Crippen LogP contribution in [0.5, 0.6) is 0 Å². The molecule has 2 heterocycles. The van der Waals surface area contributed by atoms with E-state index < -0.39 is 0 Å². The number of carbonyl (C=O) groups excluding carboxylic acids is 1. The highest BCUT2D eigenvalue weighted by atomic mass is 32.2. The van der Waals surface area contributed by atoms with Gasteiger partial charge in [0, 0.05) is 36.9 Å². The highest BCUT2D eigenvalue weighted by Gasteiger charge is 2.27. The number of benzene rings is 1. The summed E-state index contributed by atoms with van der Waals surface area (Å²) in [6, 6.07) is 10.7. The van der Waals surface area contributed by atoms with Gasteiger partial charge in [-0.05, 0) is 54.2 Å². The van der Waals surface area contributed by atoms with E-state index in [4.69, 9.17) is 0 Å². The summed E-state index contributed by atoms with van der Waals surface area (Å²) >= 11 is 1.66. The summed E-state index contributed by atoms with van der Waals surface area (Å²) in [5.41, 5.74) is 4.05. The van der Waals surface area contributed by atoms with Crippen LogP contribution in [0, 0.1) is 0 Å². The zero-order chi connectivity index (χ0) is 17.1. The predicted octanol–water partition coefficient (Wildman–Crippen LogP) is 2.84. The molecule has 1 unspecified atom stereocenters. The van der Waals surface area contributed by atoms with Gasteiger partial charge in [-0.3, -0.25) is 9.78 Å². The molecular weight excluding hydrogens is 330 g/mol. The molecule has 1 aromatic heterocycles. The summed E-state index contributed by atoms with van der Waals surface area (Å²) in [4.78, 5) is 20.3. The highest BCUT2D eigenvalue weighted by Crippen LogP contribution is 2.29. The Morgan fingerprint density at radius 3 is 3.08 bits per heavy atom. The lowest BCUT2D eigenvalue weighted by molar-refractivity contribution is -0.131. The fourth-order valence-corrected chi connectivity index (χ4v) is 4.59. The number of thioether (sulfide) groups is 1. The fraction of sp³-hybridized carbons (Fsp3) is 0.400. The quantitative estimate of drug-likeness (QED) is 0.859. The van der Waals surface area contributed by atoms with Crippen molar-refractivity contribution in [2.75, 3.05) is 25.4 Å². The van der Waals surface area contributed by atoms with Gasteiger partial charge in [0.2, 0.25) is 5.91 Å². The summed E-state index contributed by atoms with van der Waals surface area (Å²) in [5.74, 6) is 0.705. The molecular formula is C20H23N3OS. The van der Waals surface area contributed by atoms with Gasteiger partial charge in [0.15, 0.2) is 0 Å². The Kier molecular flexibility index (Phi) is 5.04. The van der Waals surface area contributed by atoms with Crippen LogP contribution < -0.4 is 5.32 Å². The molecule has 1 N–H and O–H groups in total. The Bertz CT molecular complexity index is 750. The molecule has 1 aromatic carbocycles. The number of piperazine rings is 1. The Labute approximate surface area is 153 Å². The molecule has 25 heavy (non-hydrogen) atoms. The summed E-state index contributed by atoms with van der Waals surface area (Å²) < 4.78 is 0. The molecule has 1 fully saturated rings.